The van der Waals surface area contributed by atoms with Crippen LogP contribution in [0.25, 0.3) is 5.76 Å². The van der Waals surface area contributed by atoms with E-state index in [0.717, 1.165) is 19.6 Å². The summed E-state index contributed by atoms with van der Waals surface area (Å²) in [6.07, 6.45) is 2.93. The number of likely N-dealkylation sites (tertiary alicyclic amines) is 2. The zero-order valence-corrected chi connectivity index (χ0v) is 20.9. The number of hydrogen-bond donors (Lipinski definition) is 1. The van der Waals surface area contributed by atoms with Gasteiger partial charge in [0.25, 0.3) is 11.7 Å². The van der Waals surface area contributed by atoms with Gasteiger partial charge >= 0.3 is 0 Å². The number of hydrogen-bond acceptors (Lipinski definition) is 7. The van der Waals surface area contributed by atoms with Crippen molar-refractivity contribution >= 4 is 17.4 Å². The van der Waals surface area contributed by atoms with E-state index in [0.29, 0.717) is 35.7 Å². The molecule has 1 unspecified atom stereocenters. The Labute approximate surface area is 215 Å². The number of rotatable bonds is 7. The number of nitrogens with zero attached hydrogens (tertiary/aromatic N) is 2. The summed E-state index contributed by atoms with van der Waals surface area (Å²) in [5.41, 5.74) is 1.54. The van der Waals surface area contributed by atoms with E-state index in [9.17, 15) is 14.7 Å². The Bertz CT molecular complexity index is 1290. The number of ether oxygens (including phenoxy) is 2. The molecular weight excluding hydrogens is 472 g/mol. The number of furan rings is 1. The molecule has 2 saturated heterocycles. The number of amides is 1. The summed E-state index contributed by atoms with van der Waals surface area (Å²) >= 11 is 0. The molecule has 0 saturated carbocycles. The summed E-state index contributed by atoms with van der Waals surface area (Å²) in [6, 6.07) is 17.6. The van der Waals surface area contributed by atoms with E-state index >= 15 is 0 Å². The van der Waals surface area contributed by atoms with E-state index in [1.54, 1.807) is 35.2 Å². The van der Waals surface area contributed by atoms with Gasteiger partial charge in [-0.15, -0.1) is 0 Å². The van der Waals surface area contributed by atoms with Crippen LogP contribution in [-0.4, -0.2) is 59.9 Å². The molecule has 8 heteroatoms. The molecule has 3 heterocycles. The van der Waals surface area contributed by atoms with E-state index in [2.05, 4.69) is 17.0 Å². The van der Waals surface area contributed by atoms with E-state index in [-0.39, 0.29) is 17.4 Å². The Morgan fingerprint density at radius 3 is 2.41 bits per heavy atom. The van der Waals surface area contributed by atoms with Crippen LogP contribution in [-0.2, 0) is 16.1 Å². The quantitative estimate of drug-likeness (QED) is 0.291. The highest BCUT2D eigenvalue weighted by Gasteiger charge is 2.50. The minimum absolute atomic E-state index is 0.00451. The van der Waals surface area contributed by atoms with Gasteiger partial charge in [-0.3, -0.25) is 14.5 Å². The molecule has 2 aliphatic heterocycles. The Kier molecular flexibility index (Phi) is 7.01. The fourth-order valence-corrected chi connectivity index (χ4v) is 5.29. The number of piperidine rings is 1. The van der Waals surface area contributed by atoms with Crippen LogP contribution in [0.4, 0.5) is 0 Å². The standard InChI is InChI=1S/C29H30N2O6/c1-35-21-10-11-22(24(17-21)36-2)27(32)25-26(23-9-6-16-37-23)31(29(34)28(25)33)20-12-14-30(15-13-20)18-19-7-4-3-5-8-19/h3-11,16-17,20,26,32H,12-15,18H2,1-2H3/b27-25-. The molecule has 3 aromatic rings. The highest BCUT2D eigenvalue weighted by atomic mass is 16.5. The van der Waals surface area contributed by atoms with Crippen molar-refractivity contribution < 1.29 is 28.6 Å². The minimum Gasteiger partial charge on any atom is -0.507 e. The predicted octanol–water partition coefficient (Wildman–Crippen LogP) is 4.38. The van der Waals surface area contributed by atoms with Gasteiger partial charge in [0, 0.05) is 31.7 Å². The van der Waals surface area contributed by atoms with Crippen molar-refractivity contribution in [1.29, 1.82) is 0 Å². The molecule has 2 aliphatic rings. The van der Waals surface area contributed by atoms with Crippen LogP contribution in [0.5, 0.6) is 11.5 Å². The minimum atomic E-state index is -0.826. The third-order valence-electron chi connectivity index (χ3n) is 7.16. The first-order chi connectivity index (χ1) is 18.0. The monoisotopic (exact) mass is 502 g/mol. The van der Waals surface area contributed by atoms with Gasteiger partial charge in [0.1, 0.15) is 29.1 Å². The first-order valence-corrected chi connectivity index (χ1v) is 12.3. The third-order valence-corrected chi connectivity index (χ3v) is 7.16. The first kappa shape index (κ1) is 24.6. The fourth-order valence-electron chi connectivity index (χ4n) is 5.29. The van der Waals surface area contributed by atoms with Crippen molar-refractivity contribution in [2.75, 3.05) is 27.3 Å². The molecule has 2 fully saturated rings. The van der Waals surface area contributed by atoms with Gasteiger partial charge in [-0.05, 0) is 42.7 Å². The third kappa shape index (κ3) is 4.72. The van der Waals surface area contributed by atoms with Gasteiger partial charge < -0.3 is 23.9 Å². The van der Waals surface area contributed by atoms with Gasteiger partial charge in [0.15, 0.2) is 0 Å². The van der Waals surface area contributed by atoms with E-state index < -0.39 is 17.7 Å². The Morgan fingerprint density at radius 2 is 1.76 bits per heavy atom. The zero-order chi connectivity index (χ0) is 25.9. The van der Waals surface area contributed by atoms with Crippen molar-refractivity contribution in [3.63, 3.8) is 0 Å². The van der Waals surface area contributed by atoms with Crippen molar-refractivity contribution in [2.24, 2.45) is 0 Å². The summed E-state index contributed by atoms with van der Waals surface area (Å²) in [5.74, 6) is -0.363. The lowest BCUT2D eigenvalue weighted by Crippen LogP contribution is -2.46. The van der Waals surface area contributed by atoms with Gasteiger partial charge in [0.05, 0.1) is 31.6 Å². The lowest BCUT2D eigenvalue weighted by atomic mass is 9.96. The van der Waals surface area contributed by atoms with Gasteiger partial charge in [-0.2, -0.15) is 0 Å². The summed E-state index contributed by atoms with van der Waals surface area (Å²) < 4.78 is 16.4. The van der Waals surface area contributed by atoms with Crippen LogP contribution in [0, 0.1) is 0 Å². The molecule has 1 aromatic heterocycles. The Balaban J connectivity index is 1.46. The van der Waals surface area contributed by atoms with Crippen molar-refractivity contribution in [1.82, 2.24) is 9.80 Å². The molecule has 0 aliphatic carbocycles. The maximum atomic E-state index is 13.4. The number of Topliss-reactive ketones (excluding diaryl/α,β-unsaturated/α-hetero) is 1. The largest absolute Gasteiger partial charge is 0.507 e. The lowest BCUT2D eigenvalue weighted by Gasteiger charge is -2.38. The first-order valence-electron chi connectivity index (χ1n) is 12.3. The van der Waals surface area contributed by atoms with Crippen LogP contribution in [0.1, 0.15) is 35.8 Å². The number of benzene rings is 2. The number of aliphatic hydroxyl groups excluding tert-OH is 1. The molecule has 0 bridgehead atoms. The number of aliphatic hydroxyl groups is 1. The molecule has 5 rings (SSSR count). The Morgan fingerprint density at radius 1 is 1.00 bits per heavy atom. The number of carbonyl (C=O) groups excluding carboxylic acids is 2. The Hall–Kier alpha value is -4.04. The van der Waals surface area contributed by atoms with Crippen LogP contribution < -0.4 is 9.47 Å². The maximum Gasteiger partial charge on any atom is 0.296 e. The second kappa shape index (κ2) is 10.5. The normalized spacial score (nSPS) is 20.4. The molecule has 192 valence electrons. The topological polar surface area (TPSA) is 92.5 Å². The average Bonchev–Trinajstić information content (AvgIpc) is 3.56. The van der Waals surface area contributed by atoms with Crippen LogP contribution in [0.15, 0.2) is 76.9 Å². The summed E-state index contributed by atoms with van der Waals surface area (Å²) in [7, 11) is 3.00. The molecule has 37 heavy (non-hydrogen) atoms. The molecule has 1 atom stereocenters. The summed E-state index contributed by atoms with van der Waals surface area (Å²) in [5, 5.41) is 11.4. The maximum absolute atomic E-state index is 13.4. The molecular formula is C29H30N2O6. The SMILES string of the molecule is COc1ccc(/C(O)=C2/C(=O)C(=O)N(C3CCN(Cc4ccccc4)CC3)C2c2ccco2)c(OC)c1. The number of ketones is 1. The van der Waals surface area contributed by atoms with Crippen molar-refractivity contribution in [3.05, 3.63) is 89.4 Å². The zero-order valence-electron chi connectivity index (χ0n) is 20.9. The molecule has 0 radical (unpaired) electrons. The molecule has 8 nitrogen and oxygen atoms in total. The highest BCUT2D eigenvalue weighted by molar-refractivity contribution is 6.46. The van der Waals surface area contributed by atoms with Crippen molar-refractivity contribution in [3.8, 4) is 11.5 Å². The molecule has 1 amide bonds. The van der Waals surface area contributed by atoms with E-state index in [1.165, 1.54) is 26.0 Å². The van der Waals surface area contributed by atoms with Crippen LogP contribution in [0.2, 0.25) is 0 Å². The predicted molar refractivity (Wildman–Crippen MR) is 137 cm³/mol. The van der Waals surface area contributed by atoms with Crippen molar-refractivity contribution in [2.45, 2.75) is 31.5 Å². The highest BCUT2D eigenvalue weighted by Crippen LogP contribution is 2.43. The van der Waals surface area contributed by atoms with Crippen LogP contribution in [0.3, 0.4) is 0 Å². The number of methoxy groups -OCH3 is 2. The lowest BCUT2D eigenvalue weighted by molar-refractivity contribution is -0.142. The van der Waals surface area contributed by atoms with E-state index in [1.807, 2.05) is 18.2 Å². The van der Waals surface area contributed by atoms with Gasteiger partial charge in [-0.25, -0.2) is 0 Å². The average molecular weight is 503 g/mol. The summed E-state index contributed by atoms with van der Waals surface area (Å²) in [6.45, 7) is 2.42. The molecule has 2 aromatic carbocycles. The van der Waals surface area contributed by atoms with Gasteiger partial charge in [0.2, 0.25) is 0 Å². The van der Waals surface area contributed by atoms with Crippen LogP contribution >= 0.6 is 0 Å². The van der Waals surface area contributed by atoms with Gasteiger partial charge in [-0.1, -0.05) is 30.3 Å². The second-order valence-corrected chi connectivity index (χ2v) is 9.28. The summed E-state index contributed by atoms with van der Waals surface area (Å²) in [4.78, 5) is 30.7. The number of carbonyl (C=O) groups is 2. The van der Waals surface area contributed by atoms with E-state index in [4.69, 9.17) is 13.9 Å². The smallest absolute Gasteiger partial charge is 0.296 e. The molecule has 1 N–H and O–H groups in total. The second-order valence-electron chi connectivity index (χ2n) is 9.28. The molecule has 0 spiro atoms. The fraction of sp³-hybridized carbons (Fsp3) is 0.310.